The third-order valence-corrected chi connectivity index (χ3v) is 5.39. The van der Waals surface area contributed by atoms with Crippen LogP contribution in [-0.2, 0) is 6.61 Å². The Morgan fingerprint density at radius 3 is 2.42 bits per heavy atom. The lowest BCUT2D eigenvalue weighted by Gasteiger charge is -2.13. The average Bonchev–Trinajstić information content (AvgIpc) is 2.88. The van der Waals surface area contributed by atoms with Gasteiger partial charge in [-0.3, -0.25) is 4.79 Å². The predicted octanol–water partition coefficient (Wildman–Crippen LogP) is 6.15. The molecule has 8 heteroatoms. The fraction of sp³-hybridized carbons (Fsp3) is 0.214. The number of rotatable bonds is 13. The first-order valence-corrected chi connectivity index (χ1v) is 12.3. The van der Waals surface area contributed by atoms with Crippen LogP contribution < -0.4 is 24.4 Å². The van der Waals surface area contributed by atoms with Gasteiger partial charge in [0.05, 0.1) is 23.9 Å². The molecule has 0 aliphatic heterocycles. The van der Waals surface area contributed by atoms with Crippen LogP contribution in [0, 0.1) is 0 Å². The zero-order valence-corrected chi connectivity index (χ0v) is 21.9. The molecule has 188 valence electrons. The number of amides is 1. The van der Waals surface area contributed by atoms with E-state index in [0.29, 0.717) is 59.5 Å². The van der Waals surface area contributed by atoms with Crippen LogP contribution in [0.4, 0.5) is 0 Å². The van der Waals surface area contributed by atoms with Crippen molar-refractivity contribution in [2.45, 2.75) is 20.5 Å². The second kappa shape index (κ2) is 13.9. The highest BCUT2D eigenvalue weighted by atomic mass is 79.9. The molecule has 0 heterocycles. The minimum atomic E-state index is -0.378. The largest absolute Gasteiger partial charge is 0.490 e. The molecule has 3 aromatic rings. The van der Waals surface area contributed by atoms with Crippen LogP contribution in [0.15, 0.2) is 82.9 Å². The van der Waals surface area contributed by atoms with E-state index >= 15 is 0 Å². The molecular formula is C28H29BrN2O5. The normalized spacial score (nSPS) is 10.6. The summed E-state index contributed by atoms with van der Waals surface area (Å²) in [5, 5.41) is 4.10. The van der Waals surface area contributed by atoms with E-state index < -0.39 is 0 Å². The highest BCUT2D eigenvalue weighted by Crippen LogP contribution is 2.36. The lowest BCUT2D eigenvalue weighted by Crippen LogP contribution is -2.17. The van der Waals surface area contributed by atoms with Crippen molar-refractivity contribution in [3.05, 3.63) is 94.5 Å². The fourth-order valence-corrected chi connectivity index (χ4v) is 3.78. The number of hydrazone groups is 1. The van der Waals surface area contributed by atoms with E-state index in [1.54, 1.807) is 30.3 Å². The number of nitrogens with one attached hydrogen (secondary N) is 1. The summed E-state index contributed by atoms with van der Waals surface area (Å²) >= 11 is 3.50. The first-order chi connectivity index (χ1) is 17.5. The monoisotopic (exact) mass is 552 g/mol. The van der Waals surface area contributed by atoms with E-state index in [2.05, 4.69) is 33.0 Å². The second-order valence-electron chi connectivity index (χ2n) is 7.43. The Balaban J connectivity index is 1.69. The number of nitrogens with zero attached hydrogens (tertiary/aromatic N) is 1. The van der Waals surface area contributed by atoms with Gasteiger partial charge in [0.25, 0.3) is 5.91 Å². The van der Waals surface area contributed by atoms with E-state index in [1.807, 2.05) is 50.2 Å². The van der Waals surface area contributed by atoms with Crippen LogP contribution in [0.5, 0.6) is 23.0 Å². The summed E-state index contributed by atoms with van der Waals surface area (Å²) in [7, 11) is 0. The molecule has 0 fully saturated rings. The van der Waals surface area contributed by atoms with Crippen molar-refractivity contribution >= 4 is 28.1 Å². The Kier molecular flexibility index (Phi) is 10.4. The molecule has 0 atom stereocenters. The van der Waals surface area contributed by atoms with Gasteiger partial charge >= 0.3 is 0 Å². The van der Waals surface area contributed by atoms with Crippen molar-refractivity contribution in [2.24, 2.45) is 5.10 Å². The van der Waals surface area contributed by atoms with Crippen LogP contribution in [0.1, 0.15) is 35.3 Å². The first kappa shape index (κ1) is 26.8. The third-order valence-electron chi connectivity index (χ3n) is 4.80. The number of carbonyl (C=O) groups excluding carboxylic acids is 1. The van der Waals surface area contributed by atoms with Crippen molar-refractivity contribution in [3.63, 3.8) is 0 Å². The summed E-state index contributed by atoms with van der Waals surface area (Å²) in [5.41, 5.74) is 4.70. The molecule has 0 radical (unpaired) electrons. The molecule has 0 saturated carbocycles. The van der Waals surface area contributed by atoms with Crippen molar-refractivity contribution in [1.29, 1.82) is 0 Å². The Hall–Kier alpha value is -3.78. The lowest BCUT2D eigenvalue weighted by atomic mass is 10.2. The SMILES string of the molecule is C=CCOc1c(Br)cc(/C=N/NC(=O)c2ccc(OCc3ccccc3)c(OCC)c2)cc1OCC. The summed E-state index contributed by atoms with van der Waals surface area (Å²) in [6.07, 6.45) is 3.19. The molecule has 0 aliphatic rings. The van der Waals surface area contributed by atoms with E-state index in [4.69, 9.17) is 18.9 Å². The second-order valence-corrected chi connectivity index (χ2v) is 8.28. The maximum Gasteiger partial charge on any atom is 0.271 e. The Bertz CT molecular complexity index is 1200. The number of halogens is 1. The minimum absolute atomic E-state index is 0.349. The summed E-state index contributed by atoms with van der Waals surface area (Å²) in [6, 6.07) is 18.5. The highest BCUT2D eigenvalue weighted by molar-refractivity contribution is 9.10. The molecule has 7 nitrogen and oxygen atoms in total. The van der Waals surface area contributed by atoms with Crippen LogP contribution in [0.25, 0.3) is 0 Å². The van der Waals surface area contributed by atoms with E-state index in [0.717, 1.165) is 11.1 Å². The maximum absolute atomic E-state index is 12.7. The van der Waals surface area contributed by atoms with Crippen LogP contribution in [0.3, 0.4) is 0 Å². The van der Waals surface area contributed by atoms with E-state index in [-0.39, 0.29) is 5.91 Å². The number of benzene rings is 3. The van der Waals surface area contributed by atoms with Gasteiger partial charge in [-0.2, -0.15) is 5.10 Å². The molecule has 0 saturated heterocycles. The van der Waals surface area contributed by atoms with Gasteiger partial charge in [-0.25, -0.2) is 5.43 Å². The van der Waals surface area contributed by atoms with Gasteiger partial charge in [0.2, 0.25) is 0 Å². The molecule has 36 heavy (non-hydrogen) atoms. The average molecular weight is 553 g/mol. The van der Waals surface area contributed by atoms with Crippen molar-refractivity contribution in [2.75, 3.05) is 19.8 Å². The topological polar surface area (TPSA) is 78.4 Å². The van der Waals surface area contributed by atoms with Gasteiger partial charge in [0.15, 0.2) is 23.0 Å². The van der Waals surface area contributed by atoms with E-state index in [1.165, 1.54) is 6.21 Å². The number of carbonyl (C=O) groups is 1. The molecule has 0 bridgehead atoms. The van der Waals surface area contributed by atoms with Crippen LogP contribution in [0.2, 0.25) is 0 Å². The molecule has 0 aromatic heterocycles. The Labute approximate surface area is 219 Å². The van der Waals surface area contributed by atoms with Gasteiger partial charge in [-0.1, -0.05) is 43.0 Å². The first-order valence-electron chi connectivity index (χ1n) is 11.5. The molecule has 3 aromatic carbocycles. The standard InChI is InChI=1S/C28H29BrN2O5/c1-4-14-35-27-23(29)15-21(16-26(27)34-6-3)18-30-31-28(32)22-12-13-24(25(17-22)33-5-2)36-19-20-10-8-7-9-11-20/h4,7-13,15-18H,1,5-6,14,19H2,2-3H3,(H,31,32)/b30-18+. The molecule has 1 N–H and O–H groups in total. The summed E-state index contributed by atoms with van der Waals surface area (Å²) in [4.78, 5) is 12.7. The van der Waals surface area contributed by atoms with Crippen LogP contribution in [-0.4, -0.2) is 31.9 Å². The molecule has 0 spiro atoms. The fourth-order valence-electron chi connectivity index (χ4n) is 3.21. The van der Waals surface area contributed by atoms with Crippen molar-refractivity contribution < 1.29 is 23.7 Å². The molecule has 0 unspecified atom stereocenters. The molecular weight excluding hydrogens is 524 g/mol. The van der Waals surface area contributed by atoms with Gasteiger partial charge in [-0.15, -0.1) is 0 Å². The Morgan fingerprint density at radius 2 is 1.69 bits per heavy atom. The van der Waals surface area contributed by atoms with E-state index in [9.17, 15) is 4.79 Å². The molecule has 3 rings (SSSR count). The zero-order valence-electron chi connectivity index (χ0n) is 20.3. The van der Waals surface area contributed by atoms with Crippen molar-refractivity contribution in [3.8, 4) is 23.0 Å². The quantitative estimate of drug-likeness (QED) is 0.156. The number of ether oxygens (including phenoxy) is 4. The van der Waals surface area contributed by atoms with Gasteiger partial charge in [-0.05, 0) is 71.2 Å². The molecule has 0 aliphatic carbocycles. The van der Waals surface area contributed by atoms with Gasteiger partial charge in [0, 0.05) is 5.56 Å². The zero-order chi connectivity index (χ0) is 25.8. The van der Waals surface area contributed by atoms with Crippen molar-refractivity contribution in [1.82, 2.24) is 5.43 Å². The third kappa shape index (κ3) is 7.61. The summed E-state index contributed by atoms with van der Waals surface area (Å²) < 4.78 is 23.7. The minimum Gasteiger partial charge on any atom is -0.490 e. The summed E-state index contributed by atoms with van der Waals surface area (Å²) in [6.45, 7) is 9.09. The van der Waals surface area contributed by atoms with Gasteiger partial charge < -0.3 is 18.9 Å². The number of hydrogen-bond acceptors (Lipinski definition) is 6. The Morgan fingerprint density at radius 1 is 0.944 bits per heavy atom. The maximum atomic E-state index is 12.7. The number of hydrogen-bond donors (Lipinski definition) is 1. The predicted molar refractivity (Wildman–Crippen MR) is 144 cm³/mol. The summed E-state index contributed by atoms with van der Waals surface area (Å²) in [5.74, 6) is 1.82. The lowest BCUT2D eigenvalue weighted by molar-refractivity contribution is 0.0954. The smallest absolute Gasteiger partial charge is 0.271 e. The molecule has 1 amide bonds. The van der Waals surface area contributed by atoms with Gasteiger partial charge in [0.1, 0.15) is 13.2 Å². The van der Waals surface area contributed by atoms with Crippen LogP contribution >= 0.6 is 15.9 Å². The highest BCUT2D eigenvalue weighted by Gasteiger charge is 2.13.